The van der Waals surface area contributed by atoms with Crippen molar-refractivity contribution in [3.8, 4) is 0 Å². The summed E-state index contributed by atoms with van der Waals surface area (Å²) in [5.74, 6) is -12.2. The lowest BCUT2D eigenvalue weighted by molar-refractivity contribution is -0.268. The zero-order valence-corrected chi connectivity index (χ0v) is 23.4. The third-order valence-electron chi connectivity index (χ3n) is 7.03. The SMILES string of the molecule is C[C@H]1[C@@H](CSc2ccccn2)O[C@@H](c2ccc(NC(=O)c3c(F)c(F)c(F)c(F)c3F)cc2)O[C@H]1c1ccc(CO)cc1. The van der Waals surface area contributed by atoms with E-state index in [1.54, 1.807) is 18.3 Å². The molecule has 6 nitrogen and oxygen atoms in total. The highest BCUT2D eigenvalue weighted by molar-refractivity contribution is 7.99. The third kappa shape index (κ3) is 6.57. The molecule has 0 bridgehead atoms. The zero-order chi connectivity index (χ0) is 30.7. The fourth-order valence-electron chi connectivity index (χ4n) is 4.63. The van der Waals surface area contributed by atoms with Gasteiger partial charge in [-0.2, -0.15) is 0 Å². The van der Waals surface area contributed by atoms with Crippen molar-refractivity contribution >= 4 is 23.4 Å². The van der Waals surface area contributed by atoms with Crippen molar-refractivity contribution < 1.29 is 41.3 Å². The molecule has 1 amide bonds. The van der Waals surface area contributed by atoms with Crippen molar-refractivity contribution in [3.05, 3.63) is 124 Å². The smallest absolute Gasteiger partial charge is 0.261 e. The summed E-state index contributed by atoms with van der Waals surface area (Å²) in [6.45, 7) is 1.92. The minimum Gasteiger partial charge on any atom is -0.392 e. The Kier molecular flexibility index (Phi) is 9.40. The van der Waals surface area contributed by atoms with E-state index in [1.807, 2.05) is 49.4 Å². The number of ether oxygens (including phenoxy) is 2. The number of carbonyl (C=O) groups is 1. The first-order valence-electron chi connectivity index (χ1n) is 13.1. The van der Waals surface area contributed by atoms with E-state index in [0.717, 1.165) is 16.2 Å². The van der Waals surface area contributed by atoms with Gasteiger partial charge in [-0.25, -0.2) is 26.9 Å². The molecule has 0 saturated carbocycles. The predicted molar refractivity (Wildman–Crippen MR) is 149 cm³/mol. The van der Waals surface area contributed by atoms with Crippen LogP contribution in [0.25, 0.3) is 0 Å². The molecule has 12 heteroatoms. The molecule has 0 spiro atoms. The number of hydrogen-bond donors (Lipinski definition) is 2. The molecule has 0 unspecified atom stereocenters. The lowest BCUT2D eigenvalue weighted by Crippen LogP contribution is -2.38. The van der Waals surface area contributed by atoms with E-state index in [1.165, 1.54) is 23.9 Å². The van der Waals surface area contributed by atoms with Crippen LogP contribution < -0.4 is 5.32 Å². The van der Waals surface area contributed by atoms with Gasteiger partial charge >= 0.3 is 0 Å². The van der Waals surface area contributed by atoms with E-state index >= 15 is 0 Å². The Morgan fingerprint density at radius 1 is 0.860 bits per heavy atom. The van der Waals surface area contributed by atoms with Gasteiger partial charge in [-0.3, -0.25) is 4.79 Å². The number of aliphatic hydroxyl groups excluding tert-OH is 1. The molecule has 4 aromatic rings. The first kappa shape index (κ1) is 30.6. The second kappa shape index (κ2) is 13.2. The minimum absolute atomic E-state index is 0.0419. The molecule has 0 aliphatic carbocycles. The molecule has 0 radical (unpaired) electrons. The molecule has 43 heavy (non-hydrogen) atoms. The number of benzene rings is 3. The number of nitrogens with one attached hydrogen (secondary N) is 1. The maximum Gasteiger partial charge on any atom is 0.261 e. The molecule has 2 heterocycles. The number of halogens is 5. The second-order valence-corrected chi connectivity index (χ2v) is 10.9. The number of anilines is 1. The summed E-state index contributed by atoms with van der Waals surface area (Å²) in [6.07, 6.45) is 0.209. The highest BCUT2D eigenvalue weighted by atomic mass is 32.2. The van der Waals surface area contributed by atoms with Gasteiger partial charge in [0.25, 0.3) is 5.91 Å². The fourth-order valence-corrected chi connectivity index (χ4v) is 5.66. The monoisotopic (exact) mass is 616 g/mol. The van der Waals surface area contributed by atoms with Crippen LogP contribution in [0.3, 0.4) is 0 Å². The summed E-state index contributed by atoms with van der Waals surface area (Å²) in [5, 5.41) is 12.4. The Labute approximate surface area is 247 Å². The third-order valence-corrected chi connectivity index (χ3v) is 8.07. The molecule has 1 aliphatic rings. The molecule has 4 atom stereocenters. The van der Waals surface area contributed by atoms with Gasteiger partial charge in [0, 0.05) is 29.1 Å². The summed E-state index contributed by atoms with van der Waals surface area (Å²) < 4.78 is 81.4. The number of nitrogens with zero attached hydrogens (tertiary/aromatic N) is 1. The molecular formula is C31H25F5N2O4S. The molecule has 1 aliphatic heterocycles. The van der Waals surface area contributed by atoms with Crippen molar-refractivity contribution in [3.63, 3.8) is 0 Å². The summed E-state index contributed by atoms with van der Waals surface area (Å²) in [7, 11) is 0. The van der Waals surface area contributed by atoms with Crippen LogP contribution in [-0.2, 0) is 16.1 Å². The van der Waals surface area contributed by atoms with E-state index in [4.69, 9.17) is 9.47 Å². The van der Waals surface area contributed by atoms with Crippen LogP contribution in [0, 0.1) is 35.0 Å². The summed E-state index contributed by atoms with van der Waals surface area (Å²) in [4.78, 5) is 16.8. The summed E-state index contributed by atoms with van der Waals surface area (Å²) in [5.41, 5.74) is 0.659. The van der Waals surface area contributed by atoms with Crippen molar-refractivity contribution in [1.29, 1.82) is 0 Å². The first-order valence-corrected chi connectivity index (χ1v) is 14.1. The number of aliphatic hydroxyl groups is 1. The number of amides is 1. The van der Waals surface area contributed by atoms with Crippen molar-refractivity contribution in [2.75, 3.05) is 11.1 Å². The number of hydrogen-bond acceptors (Lipinski definition) is 6. The van der Waals surface area contributed by atoms with Gasteiger partial charge in [0.2, 0.25) is 5.82 Å². The molecule has 1 saturated heterocycles. The average Bonchev–Trinajstić information content (AvgIpc) is 3.03. The van der Waals surface area contributed by atoms with Crippen LogP contribution >= 0.6 is 11.8 Å². The van der Waals surface area contributed by atoms with Crippen LogP contribution in [0.15, 0.2) is 78.0 Å². The molecule has 224 valence electrons. The van der Waals surface area contributed by atoms with Crippen molar-refractivity contribution in [2.45, 2.75) is 37.1 Å². The fraction of sp³-hybridized carbons (Fsp3) is 0.226. The molecule has 2 N–H and O–H groups in total. The number of pyridine rings is 1. The van der Waals surface area contributed by atoms with E-state index in [0.29, 0.717) is 11.3 Å². The Morgan fingerprint density at radius 3 is 2.09 bits per heavy atom. The summed E-state index contributed by atoms with van der Waals surface area (Å²) >= 11 is 1.53. The number of carbonyl (C=O) groups excluding carboxylic acids is 1. The maximum atomic E-state index is 14.1. The number of thioether (sulfide) groups is 1. The second-order valence-electron chi connectivity index (χ2n) is 9.82. The molecular weight excluding hydrogens is 591 g/mol. The van der Waals surface area contributed by atoms with Gasteiger partial charge < -0.3 is 19.9 Å². The van der Waals surface area contributed by atoms with Crippen LogP contribution in [0.4, 0.5) is 27.6 Å². The van der Waals surface area contributed by atoms with Gasteiger partial charge in [0.15, 0.2) is 29.6 Å². The van der Waals surface area contributed by atoms with Crippen LogP contribution in [-0.4, -0.2) is 27.9 Å². The van der Waals surface area contributed by atoms with Crippen LogP contribution in [0.5, 0.6) is 0 Å². The van der Waals surface area contributed by atoms with Gasteiger partial charge in [-0.1, -0.05) is 49.4 Å². The van der Waals surface area contributed by atoms with E-state index < -0.39 is 46.8 Å². The molecule has 3 aromatic carbocycles. The molecule has 1 fully saturated rings. The highest BCUT2D eigenvalue weighted by Crippen LogP contribution is 2.43. The zero-order valence-electron chi connectivity index (χ0n) is 22.6. The summed E-state index contributed by atoms with van der Waals surface area (Å²) in [6, 6.07) is 18.9. The highest BCUT2D eigenvalue weighted by Gasteiger charge is 2.38. The van der Waals surface area contributed by atoms with Crippen molar-refractivity contribution in [1.82, 2.24) is 4.98 Å². The average molecular weight is 617 g/mol. The van der Waals surface area contributed by atoms with E-state index in [2.05, 4.69) is 10.3 Å². The quantitative estimate of drug-likeness (QED) is 0.0952. The standard InChI is InChI=1S/C31H25F5N2O4S/c1-16-21(15-43-22-4-2-3-13-37-22)41-31(42-29(16)18-7-5-17(14-39)6-8-18)19-9-11-20(12-10-19)38-30(40)23-24(32)26(34)28(36)27(35)25(23)33/h2-13,16,21,29,31,39H,14-15H2,1H3,(H,38,40)/t16-,21+,29+,31+/m0/s1. The number of rotatable bonds is 8. The van der Waals surface area contributed by atoms with Crippen LogP contribution in [0.1, 0.15) is 46.4 Å². The lowest BCUT2D eigenvalue weighted by atomic mass is 9.91. The van der Waals surface area contributed by atoms with Gasteiger partial charge in [-0.05, 0) is 35.4 Å². The first-order chi connectivity index (χ1) is 20.7. The Balaban J connectivity index is 1.36. The molecule has 1 aromatic heterocycles. The maximum absolute atomic E-state index is 14.1. The normalized spacial score (nSPS) is 20.2. The largest absolute Gasteiger partial charge is 0.392 e. The van der Waals surface area contributed by atoms with Crippen LogP contribution in [0.2, 0.25) is 0 Å². The predicted octanol–water partition coefficient (Wildman–Crippen LogP) is 7.11. The Morgan fingerprint density at radius 2 is 1.49 bits per heavy atom. The van der Waals surface area contributed by atoms with E-state index in [9.17, 15) is 31.9 Å². The van der Waals surface area contributed by atoms with Crippen molar-refractivity contribution in [2.24, 2.45) is 5.92 Å². The lowest BCUT2D eigenvalue weighted by Gasteiger charge is -2.41. The Hall–Kier alpha value is -3.84. The van der Waals surface area contributed by atoms with Gasteiger partial charge in [-0.15, -0.1) is 11.8 Å². The van der Waals surface area contributed by atoms with Gasteiger partial charge in [0.05, 0.1) is 23.8 Å². The van der Waals surface area contributed by atoms with Gasteiger partial charge in [0.1, 0.15) is 5.56 Å². The molecule has 5 rings (SSSR count). The minimum atomic E-state index is -2.35. The Bertz CT molecular complexity index is 1560. The number of aromatic nitrogens is 1. The topological polar surface area (TPSA) is 80.7 Å². The van der Waals surface area contributed by atoms with E-state index in [-0.39, 0.29) is 30.4 Å².